The number of sulfonamides is 1. The Bertz CT molecular complexity index is 1180. The van der Waals surface area contributed by atoms with Gasteiger partial charge in [-0.25, -0.2) is 8.42 Å². The number of para-hydroxylation sites is 1. The second kappa shape index (κ2) is 9.87. The first-order valence-electron chi connectivity index (χ1n) is 10.3. The van der Waals surface area contributed by atoms with Gasteiger partial charge in [-0.15, -0.1) is 0 Å². The number of rotatable bonds is 8. The minimum Gasteiger partial charge on any atom is -0.496 e. The van der Waals surface area contributed by atoms with Crippen LogP contribution in [0.1, 0.15) is 29.7 Å². The van der Waals surface area contributed by atoms with Gasteiger partial charge < -0.3 is 10.1 Å². The third kappa shape index (κ3) is 5.29. The predicted molar refractivity (Wildman–Crippen MR) is 126 cm³/mol. The second-order valence-corrected chi connectivity index (χ2v) is 9.54. The van der Waals surface area contributed by atoms with Crippen LogP contribution in [0.25, 0.3) is 0 Å². The maximum absolute atomic E-state index is 13.5. The molecule has 3 rings (SSSR count). The van der Waals surface area contributed by atoms with Crippen LogP contribution in [0.3, 0.4) is 0 Å². The minimum absolute atomic E-state index is 0.0963. The van der Waals surface area contributed by atoms with E-state index in [0.717, 1.165) is 15.4 Å². The highest BCUT2D eigenvalue weighted by Crippen LogP contribution is 2.27. The summed E-state index contributed by atoms with van der Waals surface area (Å²) in [5, 5.41) is 2.90. The Morgan fingerprint density at radius 1 is 1.00 bits per heavy atom. The Morgan fingerprint density at radius 3 is 2.25 bits per heavy atom. The molecule has 0 aromatic heterocycles. The number of nitrogens with one attached hydrogen (secondary N) is 1. The first-order valence-corrected chi connectivity index (χ1v) is 11.7. The highest BCUT2D eigenvalue weighted by atomic mass is 32.2. The molecule has 6 nitrogen and oxygen atoms in total. The maximum Gasteiger partial charge on any atom is 0.264 e. The number of carbonyl (C=O) groups excluding carboxylic acids is 1. The summed E-state index contributed by atoms with van der Waals surface area (Å²) in [6.07, 6.45) is 0. The van der Waals surface area contributed by atoms with Crippen LogP contribution in [0.4, 0.5) is 5.69 Å². The summed E-state index contributed by atoms with van der Waals surface area (Å²) >= 11 is 0. The fraction of sp³-hybridized carbons (Fsp3) is 0.240. The number of carbonyl (C=O) groups is 1. The Hall–Kier alpha value is -3.32. The lowest BCUT2D eigenvalue weighted by molar-refractivity contribution is -0.120. The van der Waals surface area contributed by atoms with Crippen LogP contribution in [0.15, 0.2) is 77.7 Å². The van der Waals surface area contributed by atoms with Crippen molar-refractivity contribution in [3.63, 3.8) is 0 Å². The predicted octanol–water partition coefficient (Wildman–Crippen LogP) is 4.38. The summed E-state index contributed by atoms with van der Waals surface area (Å²) in [5.74, 6) is 0.204. The van der Waals surface area contributed by atoms with E-state index in [0.29, 0.717) is 17.0 Å². The number of methoxy groups -OCH3 is 1. The normalized spacial score (nSPS) is 12.1. The lowest BCUT2D eigenvalue weighted by Crippen LogP contribution is -2.41. The zero-order chi connectivity index (χ0) is 23.3. The van der Waals surface area contributed by atoms with Crippen LogP contribution < -0.4 is 14.4 Å². The highest BCUT2D eigenvalue weighted by Gasteiger charge is 2.28. The Balaban J connectivity index is 1.88. The summed E-state index contributed by atoms with van der Waals surface area (Å²) < 4.78 is 33.4. The number of aryl methyl sites for hydroxylation is 2. The van der Waals surface area contributed by atoms with Crippen LogP contribution in [-0.4, -0.2) is 28.0 Å². The van der Waals surface area contributed by atoms with Gasteiger partial charge in [0.2, 0.25) is 5.91 Å². The molecule has 3 aromatic carbocycles. The van der Waals surface area contributed by atoms with Gasteiger partial charge in [0.05, 0.1) is 23.7 Å². The molecule has 168 valence electrons. The fourth-order valence-corrected chi connectivity index (χ4v) is 4.91. The van der Waals surface area contributed by atoms with Gasteiger partial charge in [-0.3, -0.25) is 9.10 Å². The molecule has 0 bridgehead atoms. The fourth-order valence-electron chi connectivity index (χ4n) is 3.40. The third-order valence-electron chi connectivity index (χ3n) is 5.24. The molecule has 0 aliphatic carbocycles. The summed E-state index contributed by atoms with van der Waals surface area (Å²) in [6.45, 7) is 5.31. The average Bonchev–Trinajstić information content (AvgIpc) is 2.78. The van der Waals surface area contributed by atoms with E-state index in [-0.39, 0.29) is 17.5 Å². The summed E-state index contributed by atoms with van der Waals surface area (Å²) in [6, 6.07) is 20.9. The molecular weight excluding hydrogens is 424 g/mol. The Labute approximate surface area is 189 Å². The van der Waals surface area contributed by atoms with Crippen molar-refractivity contribution in [3.8, 4) is 5.75 Å². The van der Waals surface area contributed by atoms with E-state index in [1.54, 1.807) is 49.4 Å². The lowest BCUT2D eigenvalue weighted by atomic mass is 10.1. The van der Waals surface area contributed by atoms with Crippen LogP contribution in [0.5, 0.6) is 5.75 Å². The second-order valence-electron chi connectivity index (χ2n) is 7.68. The molecule has 32 heavy (non-hydrogen) atoms. The molecule has 1 N–H and O–H groups in total. The van der Waals surface area contributed by atoms with Crippen molar-refractivity contribution in [2.75, 3.05) is 18.0 Å². The van der Waals surface area contributed by atoms with Crippen molar-refractivity contribution in [3.05, 3.63) is 89.5 Å². The van der Waals surface area contributed by atoms with E-state index in [1.807, 2.05) is 38.1 Å². The number of hydrogen-bond donors (Lipinski definition) is 1. The molecule has 1 atom stereocenters. The molecule has 3 aromatic rings. The topological polar surface area (TPSA) is 75.7 Å². The highest BCUT2D eigenvalue weighted by molar-refractivity contribution is 7.92. The molecule has 0 fully saturated rings. The van der Waals surface area contributed by atoms with Gasteiger partial charge in [0.15, 0.2) is 0 Å². The number of amides is 1. The standard InChI is InChI=1S/C25H28N2O4S/c1-18-10-12-21(13-11-18)20(3)26-25(28)17-27(22-8-6-5-7-9-22)32(29,30)23-14-15-24(31-4)19(2)16-23/h5-16,20H,17H2,1-4H3,(H,26,28). The Morgan fingerprint density at radius 2 is 1.66 bits per heavy atom. The number of benzene rings is 3. The molecule has 0 aliphatic heterocycles. The van der Waals surface area contributed by atoms with E-state index in [9.17, 15) is 13.2 Å². The van der Waals surface area contributed by atoms with Gasteiger partial charge in [-0.1, -0.05) is 48.0 Å². The maximum atomic E-state index is 13.5. The van der Waals surface area contributed by atoms with Crippen LogP contribution in [0, 0.1) is 13.8 Å². The first kappa shape index (κ1) is 23.3. The SMILES string of the molecule is COc1ccc(S(=O)(=O)N(CC(=O)NC(C)c2ccc(C)cc2)c2ccccc2)cc1C. The van der Waals surface area contributed by atoms with Gasteiger partial charge in [-0.2, -0.15) is 0 Å². The van der Waals surface area contributed by atoms with Gasteiger partial charge >= 0.3 is 0 Å². The van der Waals surface area contributed by atoms with Crippen LogP contribution >= 0.6 is 0 Å². The van der Waals surface area contributed by atoms with Gasteiger partial charge in [0, 0.05) is 0 Å². The summed E-state index contributed by atoms with van der Waals surface area (Å²) in [7, 11) is -2.45. The molecule has 0 spiro atoms. The number of anilines is 1. The van der Waals surface area contributed by atoms with Crippen molar-refractivity contribution < 1.29 is 17.9 Å². The third-order valence-corrected chi connectivity index (χ3v) is 7.01. The van der Waals surface area contributed by atoms with Crippen molar-refractivity contribution in [1.82, 2.24) is 5.32 Å². The molecule has 0 radical (unpaired) electrons. The van der Waals surface area contributed by atoms with E-state index >= 15 is 0 Å². The lowest BCUT2D eigenvalue weighted by Gasteiger charge is -2.25. The van der Waals surface area contributed by atoms with E-state index in [1.165, 1.54) is 13.2 Å². The summed E-state index contributed by atoms with van der Waals surface area (Å²) in [5.41, 5.74) is 3.19. The average molecular weight is 453 g/mol. The van der Waals surface area contributed by atoms with E-state index < -0.39 is 15.9 Å². The number of nitrogens with zero attached hydrogens (tertiary/aromatic N) is 1. The van der Waals surface area contributed by atoms with Gasteiger partial charge in [0.25, 0.3) is 10.0 Å². The van der Waals surface area contributed by atoms with Crippen molar-refractivity contribution in [2.24, 2.45) is 0 Å². The molecule has 0 heterocycles. The van der Waals surface area contributed by atoms with E-state index in [4.69, 9.17) is 4.74 Å². The molecule has 0 saturated heterocycles. The number of hydrogen-bond acceptors (Lipinski definition) is 4. The van der Waals surface area contributed by atoms with E-state index in [2.05, 4.69) is 5.32 Å². The van der Waals surface area contributed by atoms with Crippen molar-refractivity contribution in [1.29, 1.82) is 0 Å². The minimum atomic E-state index is -3.99. The van der Waals surface area contributed by atoms with Crippen LogP contribution in [-0.2, 0) is 14.8 Å². The van der Waals surface area contributed by atoms with Crippen molar-refractivity contribution >= 4 is 21.6 Å². The molecule has 1 unspecified atom stereocenters. The van der Waals surface area contributed by atoms with Crippen molar-refractivity contribution in [2.45, 2.75) is 31.7 Å². The molecule has 0 aliphatic rings. The Kier molecular flexibility index (Phi) is 7.20. The van der Waals surface area contributed by atoms with Gasteiger partial charge in [0.1, 0.15) is 12.3 Å². The monoisotopic (exact) mass is 452 g/mol. The quantitative estimate of drug-likeness (QED) is 0.550. The zero-order valence-corrected chi connectivity index (χ0v) is 19.5. The molecule has 7 heteroatoms. The van der Waals surface area contributed by atoms with Gasteiger partial charge in [-0.05, 0) is 62.2 Å². The summed E-state index contributed by atoms with van der Waals surface area (Å²) in [4.78, 5) is 13.0. The first-order chi connectivity index (χ1) is 15.2. The number of ether oxygens (including phenoxy) is 1. The molecule has 0 saturated carbocycles. The van der Waals surface area contributed by atoms with Crippen LogP contribution in [0.2, 0.25) is 0 Å². The molecule has 1 amide bonds. The smallest absolute Gasteiger partial charge is 0.264 e. The molecular formula is C25H28N2O4S. The largest absolute Gasteiger partial charge is 0.496 e. The zero-order valence-electron chi connectivity index (χ0n) is 18.7.